The van der Waals surface area contributed by atoms with Crippen molar-refractivity contribution in [3.8, 4) is 0 Å². The predicted molar refractivity (Wildman–Crippen MR) is 95.8 cm³/mol. The van der Waals surface area contributed by atoms with Crippen LogP contribution in [0, 0.1) is 0 Å². The van der Waals surface area contributed by atoms with Gasteiger partial charge in [0.1, 0.15) is 6.54 Å². The quantitative estimate of drug-likeness (QED) is 0.790. The molecule has 0 atom stereocenters. The summed E-state index contributed by atoms with van der Waals surface area (Å²) in [6, 6.07) is 14.6. The zero-order valence-corrected chi connectivity index (χ0v) is 14.6. The Morgan fingerprint density at radius 1 is 1.12 bits per heavy atom. The van der Waals surface area contributed by atoms with Crippen molar-refractivity contribution < 1.29 is 14.8 Å². The second-order valence-corrected chi connectivity index (χ2v) is 6.60. The molecule has 1 N–H and O–H groups in total. The van der Waals surface area contributed by atoms with Crippen LogP contribution in [0.1, 0.15) is 21.5 Å². The number of hydrogen-bond acceptors (Lipinski definition) is 4. The molecule has 1 heterocycles. The first-order valence-electron chi connectivity index (χ1n) is 8.28. The van der Waals surface area contributed by atoms with E-state index >= 15 is 0 Å². The molecule has 3 rings (SSSR count). The van der Waals surface area contributed by atoms with Crippen LogP contribution < -0.4 is 10.0 Å². The Bertz CT molecular complexity index is 736. The highest BCUT2D eigenvalue weighted by atomic mass is 35.5. The molecule has 1 fully saturated rings. The molecule has 5 nitrogen and oxygen atoms in total. The van der Waals surface area contributed by atoms with E-state index < -0.39 is 5.97 Å². The van der Waals surface area contributed by atoms with Crippen molar-refractivity contribution in [3.05, 3.63) is 70.2 Å². The molecule has 6 heteroatoms. The lowest BCUT2D eigenvalue weighted by molar-refractivity contribution is -0.918. The molecule has 0 bridgehead atoms. The third-order valence-corrected chi connectivity index (χ3v) is 4.58. The van der Waals surface area contributed by atoms with Gasteiger partial charge >= 0.3 is 0 Å². The number of nitrogens with one attached hydrogen (secondary N) is 1. The first kappa shape index (κ1) is 17.5. The molecule has 2 aromatic carbocycles. The van der Waals surface area contributed by atoms with E-state index in [0.717, 1.165) is 43.3 Å². The molecule has 1 aliphatic rings. The maximum atomic E-state index is 10.7. The average Bonchev–Trinajstić information content (AvgIpc) is 2.63. The largest absolute Gasteiger partial charge is 0.545 e. The summed E-state index contributed by atoms with van der Waals surface area (Å²) in [6.45, 7) is 4.86. The highest BCUT2D eigenvalue weighted by Crippen LogP contribution is 2.08. The second kappa shape index (κ2) is 8.14. The van der Waals surface area contributed by atoms with Crippen LogP contribution in [0.2, 0.25) is 5.02 Å². The van der Waals surface area contributed by atoms with Crippen molar-refractivity contribution in [1.29, 1.82) is 0 Å². The molecule has 130 valence electrons. The van der Waals surface area contributed by atoms with E-state index in [0.29, 0.717) is 0 Å². The fraction of sp³-hybridized carbons (Fsp3) is 0.263. The van der Waals surface area contributed by atoms with Gasteiger partial charge in [-0.3, -0.25) is 5.01 Å². The summed E-state index contributed by atoms with van der Waals surface area (Å²) >= 11 is 5.92. The summed E-state index contributed by atoms with van der Waals surface area (Å²) < 4.78 is 0. The minimum Gasteiger partial charge on any atom is -0.545 e. The van der Waals surface area contributed by atoms with Gasteiger partial charge in [-0.05, 0) is 23.3 Å². The first-order valence-corrected chi connectivity index (χ1v) is 8.66. The lowest BCUT2D eigenvalue weighted by Gasteiger charge is -2.30. The Hall–Kier alpha value is -2.37. The summed E-state index contributed by atoms with van der Waals surface area (Å²) in [5.41, 5.74) is 2.35. The summed E-state index contributed by atoms with van der Waals surface area (Å²) in [5, 5.41) is 18.1. The number of carbonyl (C=O) groups is 1. The molecule has 0 saturated carbocycles. The van der Waals surface area contributed by atoms with Crippen molar-refractivity contribution >= 4 is 23.8 Å². The molecule has 0 aromatic heterocycles. The number of piperazine rings is 1. The molecule has 0 aliphatic carbocycles. The van der Waals surface area contributed by atoms with Crippen LogP contribution in [0.15, 0.2) is 53.6 Å². The Labute approximate surface area is 152 Å². The summed E-state index contributed by atoms with van der Waals surface area (Å²) in [4.78, 5) is 12.3. The fourth-order valence-corrected chi connectivity index (χ4v) is 2.97. The van der Waals surface area contributed by atoms with Gasteiger partial charge in [-0.25, -0.2) is 0 Å². The van der Waals surface area contributed by atoms with Crippen LogP contribution in [0.3, 0.4) is 0 Å². The Morgan fingerprint density at radius 2 is 1.76 bits per heavy atom. The van der Waals surface area contributed by atoms with Gasteiger partial charge in [-0.2, -0.15) is 5.10 Å². The van der Waals surface area contributed by atoms with Gasteiger partial charge in [-0.1, -0.05) is 48.0 Å². The number of carboxylic acids is 1. The lowest BCUT2D eigenvalue weighted by atomic mass is 10.1. The Kier molecular flexibility index (Phi) is 5.68. The van der Waals surface area contributed by atoms with Crippen molar-refractivity contribution in [1.82, 2.24) is 5.01 Å². The SMILES string of the molecule is O=C([O-])c1ccc(/C=N\N2CC[NH+](Cc3ccc(Cl)cc3)CC2)cc1. The van der Waals surface area contributed by atoms with E-state index in [4.69, 9.17) is 11.6 Å². The van der Waals surface area contributed by atoms with Gasteiger partial charge in [0.25, 0.3) is 0 Å². The number of benzene rings is 2. The minimum atomic E-state index is -1.16. The number of halogens is 1. The normalized spacial score (nSPS) is 15.6. The number of quaternary nitrogens is 1. The van der Waals surface area contributed by atoms with Gasteiger partial charge in [0.05, 0.1) is 38.4 Å². The number of carbonyl (C=O) groups excluding carboxylic acids is 1. The van der Waals surface area contributed by atoms with Gasteiger partial charge < -0.3 is 14.8 Å². The first-order chi connectivity index (χ1) is 12.1. The third-order valence-electron chi connectivity index (χ3n) is 4.33. The third kappa shape index (κ3) is 5.05. The van der Waals surface area contributed by atoms with Crippen LogP contribution in [-0.4, -0.2) is 43.4 Å². The standard InChI is InChI=1S/C19H20ClN3O2/c20-18-7-3-16(4-8-18)14-22-9-11-23(12-10-22)21-13-15-1-5-17(6-2-15)19(24)25/h1-8,13H,9-12,14H2,(H,24,25)/b21-13-. The van der Waals surface area contributed by atoms with Crippen molar-refractivity contribution in [3.63, 3.8) is 0 Å². The van der Waals surface area contributed by atoms with Gasteiger partial charge in [0, 0.05) is 10.6 Å². The molecule has 0 unspecified atom stereocenters. The highest BCUT2D eigenvalue weighted by Gasteiger charge is 2.18. The number of hydrogen-bond donors (Lipinski definition) is 1. The Balaban J connectivity index is 1.48. The predicted octanol–water partition coefficient (Wildman–Crippen LogP) is 0.438. The van der Waals surface area contributed by atoms with Crippen LogP contribution >= 0.6 is 11.6 Å². The van der Waals surface area contributed by atoms with Crippen molar-refractivity contribution in [2.75, 3.05) is 26.2 Å². The van der Waals surface area contributed by atoms with E-state index in [1.807, 2.05) is 12.1 Å². The Morgan fingerprint density at radius 3 is 2.36 bits per heavy atom. The number of nitrogens with zero attached hydrogens (tertiary/aromatic N) is 2. The smallest absolute Gasteiger partial charge is 0.103 e. The summed E-state index contributed by atoms with van der Waals surface area (Å²) in [5.74, 6) is -1.16. The van der Waals surface area contributed by atoms with Crippen molar-refractivity contribution in [2.24, 2.45) is 5.10 Å². The topological polar surface area (TPSA) is 60.2 Å². The molecule has 0 spiro atoms. The van der Waals surface area contributed by atoms with Gasteiger partial charge in [0.15, 0.2) is 0 Å². The molecule has 1 aliphatic heterocycles. The molecule has 2 aromatic rings. The van der Waals surface area contributed by atoms with Gasteiger partial charge in [-0.15, -0.1) is 0 Å². The zero-order valence-electron chi connectivity index (χ0n) is 13.8. The second-order valence-electron chi connectivity index (χ2n) is 6.16. The molecule has 0 amide bonds. The number of aromatic carboxylic acids is 1. The number of rotatable bonds is 5. The molecular weight excluding hydrogens is 338 g/mol. The van der Waals surface area contributed by atoms with Crippen LogP contribution in [0.4, 0.5) is 0 Å². The minimum absolute atomic E-state index is 0.177. The van der Waals surface area contributed by atoms with Crippen LogP contribution in [0.25, 0.3) is 0 Å². The van der Waals surface area contributed by atoms with Crippen LogP contribution in [-0.2, 0) is 6.54 Å². The average molecular weight is 358 g/mol. The number of hydrazone groups is 1. The van der Waals surface area contributed by atoms with Crippen LogP contribution in [0.5, 0.6) is 0 Å². The zero-order chi connectivity index (χ0) is 17.6. The van der Waals surface area contributed by atoms with Crippen molar-refractivity contribution in [2.45, 2.75) is 6.54 Å². The maximum absolute atomic E-state index is 10.7. The van der Waals surface area contributed by atoms with E-state index in [1.165, 1.54) is 22.6 Å². The van der Waals surface area contributed by atoms with E-state index in [-0.39, 0.29) is 5.56 Å². The molecule has 25 heavy (non-hydrogen) atoms. The fourth-order valence-electron chi connectivity index (χ4n) is 2.85. The monoisotopic (exact) mass is 357 g/mol. The van der Waals surface area contributed by atoms with E-state index in [1.54, 1.807) is 18.3 Å². The number of carboxylic acid groups (broad SMARTS) is 1. The maximum Gasteiger partial charge on any atom is 0.103 e. The summed E-state index contributed by atoms with van der Waals surface area (Å²) in [7, 11) is 0. The molecular formula is C19H20ClN3O2. The molecule has 0 radical (unpaired) electrons. The van der Waals surface area contributed by atoms with Gasteiger partial charge in [0.2, 0.25) is 0 Å². The van der Waals surface area contributed by atoms with E-state index in [2.05, 4.69) is 22.2 Å². The molecule has 1 saturated heterocycles. The van der Waals surface area contributed by atoms with E-state index in [9.17, 15) is 9.90 Å². The summed E-state index contributed by atoms with van der Waals surface area (Å²) in [6.07, 6.45) is 1.77. The highest BCUT2D eigenvalue weighted by molar-refractivity contribution is 6.30. The lowest BCUT2D eigenvalue weighted by Crippen LogP contribution is -3.13.